The number of aliphatic hydroxyl groups is 1. The number of allylic oxidation sites excluding steroid dienone is 1. The predicted octanol–water partition coefficient (Wildman–Crippen LogP) is -1.44. The molecule has 0 aromatic carbocycles. The molecule has 0 saturated carbocycles. The molecule has 0 saturated heterocycles. The Morgan fingerprint density at radius 1 is 1.67 bits per heavy atom. The van der Waals surface area contributed by atoms with Crippen LogP contribution in [0, 0.1) is 5.92 Å². The topological polar surface area (TPSA) is 55.8 Å². The number of aliphatic hydroxyl groups excluding tert-OH is 1. The van der Waals surface area contributed by atoms with Gasteiger partial charge in [0.25, 0.3) is 0 Å². The molecule has 0 amide bonds. The zero-order valence-electron chi connectivity index (χ0n) is 9.28. The molecule has 1 atom stereocenters. The summed E-state index contributed by atoms with van der Waals surface area (Å²) in [5.74, 6) is -0.607. The summed E-state index contributed by atoms with van der Waals surface area (Å²) in [6.07, 6.45) is 2.21. The van der Waals surface area contributed by atoms with Crippen LogP contribution in [0.4, 0.5) is 0 Å². The van der Waals surface area contributed by atoms with E-state index in [1.165, 1.54) is 6.08 Å². The van der Waals surface area contributed by atoms with Crippen molar-refractivity contribution >= 4 is 26.0 Å². The zero-order chi connectivity index (χ0) is 11.5. The molecule has 0 bridgehead atoms. The lowest BCUT2D eigenvalue weighted by Gasteiger charge is -2.10. The molecule has 0 aromatic heterocycles. The Labute approximate surface area is 96.1 Å². The minimum Gasteiger partial charge on any atom is -0.468 e. The van der Waals surface area contributed by atoms with E-state index >= 15 is 0 Å². The van der Waals surface area contributed by atoms with Gasteiger partial charge >= 0.3 is 0 Å². The van der Waals surface area contributed by atoms with E-state index in [0.29, 0.717) is 6.61 Å². The fourth-order valence-corrected chi connectivity index (χ4v) is 2.63. The van der Waals surface area contributed by atoms with E-state index in [1.54, 1.807) is 0 Å². The molecule has 1 N–H and O–H groups in total. The third-order valence-corrected chi connectivity index (χ3v) is 4.45. The zero-order valence-corrected chi connectivity index (χ0v) is 12.7. The van der Waals surface area contributed by atoms with E-state index in [4.69, 9.17) is 14.0 Å². The van der Waals surface area contributed by atoms with Gasteiger partial charge in [-0.05, 0) is 18.5 Å². The molecule has 6 heteroatoms. The second-order valence-electron chi connectivity index (χ2n) is 3.26. The van der Waals surface area contributed by atoms with Crippen molar-refractivity contribution < 1.29 is 18.8 Å². The third-order valence-electron chi connectivity index (χ3n) is 2.03. The molecule has 88 valence electrons. The lowest BCUT2D eigenvalue weighted by atomic mass is 10.1. The quantitative estimate of drug-likeness (QED) is 0.292. The van der Waals surface area contributed by atoms with Crippen LogP contribution in [0.25, 0.3) is 0 Å². The SMILES string of the molecule is C=CC(=O)C(CO)COCCC[SiH2]O[SiH3]. The number of carbonyl (C=O) groups is 1. The molecule has 0 aliphatic rings. The molecule has 0 radical (unpaired) electrons. The average molecular weight is 248 g/mol. The fourth-order valence-electron chi connectivity index (χ4n) is 1.07. The molecular weight excluding hydrogens is 228 g/mol. The highest BCUT2D eigenvalue weighted by Crippen LogP contribution is 2.00. The van der Waals surface area contributed by atoms with E-state index in [0.717, 1.165) is 23.0 Å². The minimum atomic E-state index is -0.449. The van der Waals surface area contributed by atoms with Gasteiger partial charge in [0.2, 0.25) is 0 Å². The van der Waals surface area contributed by atoms with Gasteiger partial charge in [-0.25, -0.2) is 0 Å². The van der Waals surface area contributed by atoms with E-state index in [9.17, 15) is 4.79 Å². The Morgan fingerprint density at radius 3 is 2.93 bits per heavy atom. The number of ether oxygens (including phenoxy) is 1. The van der Waals surface area contributed by atoms with Crippen molar-refractivity contribution in [1.29, 1.82) is 0 Å². The number of rotatable bonds is 10. The minimum absolute atomic E-state index is 0.158. The van der Waals surface area contributed by atoms with Crippen molar-refractivity contribution in [2.75, 3.05) is 19.8 Å². The molecule has 0 fully saturated rings. The first-order valence-corrected chi connectivity index (χ1v) is 7.49. The van der Waals surface area contributed by atoms with Crippen LogP contribution >= 0.6 is 0 Å². The maximum atomic E-state index is 11.1. The van der Waals surface area contributed by atoms with Crippen LogP contribution in [0.15, 0.2) is 12.7 Å². The summed E-state index contributed by atoms with van der Waals surface area (Å²) in [6, 6.07) is 1.11. The van der Waals surface area contributed by atoms with Gasteiger partial charge in [0.1, 0.15) is 20.2 Å². The van der Waals surface area contributed by atoms with Crippen molar-refractivity contribution in [3.63, 3.8) is 0 Å². The van der Waals surface area contributed by atoms with Crippen LogP contribution in [0.3, 0.4) is 0 Å². The first-order valence-electron chi connectivity index (χ1n) is 5.10. The number of ketones is 1. The van der Waals surface area contributed by atoms with Crippen molar-refractivity contribution in [2.45, 2.75) is 12.5 Å². The predicted molar refractivity (Wildman–Crippen MR) is 65.6 cm³/mol. The van der Waals surface area contributed by atoms with Crippen LogP contribution < -0.4 is 0 Å². The van der Waals surface area contributed by atoms with Gasteiger partial charge in [-0.1, -0.05) is 6.58 Å². The molecule has 4 nitrogen and oxygen atoms in total. The maximum Gasteiger partial charge on any atom is 0.162 e. The number of hydrogen-bond donors (Lipinski definition) is 1. The van der Waals surface area contributed by atoms with Crippen LogP contribution in [0.5, 0.6) is 0 Å². The number of carbonyl (C=O) groups excluding carboxylic acids is 1. The van der Waals surface area contributed by atoms with Gasteiger partial charge in [0.15, 0.2) is 5.78 Å². The van der Waals surface area contributed by atoms with Gasteiger partial charge < -0.3 is 14.0 Å². The van der Waals surface area contributed by atoms with Crippen molar-refractivity contribution in [1.82, 2.24) is 0 Å². The third kappa shape index (κ3) is 7.63. The summed E-state index contributed by atoms with van der Waals surface area (Å²) in [6.45, 7) is 4.12. The first kappa shape index (κ1) is 14.7. The Kier molecular flexibility index (Phi) is 10.1. The van der Waals surface area contributed by atoms with Gasteiger partial charge in [-0.3, -0.25) is 4.79 Å². The second-order valence-corrected chi connectivity index (χ2v) is 6.69. The van der Waals surface area contributed by atoms with Gasteiger partial charge in [-0.2, -0.15) is 0 Å². The summed E-state index contributed by atoms with van der Waals surface area (Å²) in [5, 5.41) is 8.91. The lowest BCUT2D eigenvalue weighted by molar-refractivity contribution is -0.121. The summed E-state index contributed by atoms with van der Waals surface area (Å²) >= 11 is 0. The molecule has 15 heavy (non-hydrogen) atoms. The Bertz CT molecular complexity index is 187. The standard InChI is InChI=1S/C9H20O4Si2/c1-2-9(11)8(6-10)7-12-4-3-5-15-13-14/h2,8,10H,1,3-7,15H2,14H3. The van der Waals surface area contributed by atoms with Gasteiger partial charge in [0, 0.05) is 6.61 Å². The van der Waals surface area contributed by atoms with E-state index in [2.05, 4.69) is 6.58 Å². The van der Waals surface area contributed by atoms with Crippen LogP contribution in [-0.2, 0) is 13.6 Å². The van der Waals surface area contributed by atoms with Crippen molar-refractivity contribution in [3.8, 4) is 0 Å². The fraction of sp³-hybridized carbons (Fsp3) is 0.667. The monoisotopic (exact) mass is 248 g/mol. The molecule has 1 unspecified atom stereocenters. The van der Waals surface area contributed by atoms with Crippen LogP contribution in [0.1, 0.15) is 6.42 Å². The Balaban J connectivity index is 3.46. The largest absolute Gasteiger partial charge is 0.468 e. The summed E-state index contributed by atoms with van der Waals surface area (Å²) in [5.41, 5.74) is 0. The highest BCUT2D eigenvalue weighted by molar-refractivity contribution is 6.34. The lowest BCUT2D eigenvalue weighted by Crippen LogP contribution is -2.22. The molecule has 0 aliphatic carbocycles. The molecule has 0 aromatic rings. The Hall–Kier alpha value is -0.276. The summed E-state index contributed by atoms with van der Waals surface area (Å²) in [7, 11) is 0.534. The first-order chi connectivity index (χ1) is 7.26. The van der Waals surface area contributed by atoms with E-state index in [1.807, 2.05) is 0 Å². The summed E-state index contributed by atoms with van der Waals surface area (Å²) < 4.78 is 10.5. The molecular formula is C9H20O4Si2. The van der Waals surface area contributed by atoms with Crippen molar-refractivity contribution in [2.24, 2.45) is 5.92 Å². The van der Waals surface area contributed by atoms with E-state index < -0.39 is 5.92 Å². The van der Waals surface area contributed by atoms with Crippen molar-refractivity contribution in [3.05, 3.63) is 12.7 Å². The molecule has 0 aliphatic heterocycles. The maximum absolute atomic E-state index is 11.1. The molecule has 0 rings (SSSR count). The number of hydrogen-bond acceptors (Lipinski definition) is 4. The Morgan fingerprint density at radius 2 is 2.40 bits per heavy atom. The summed E-state index contributed by atoms with van der Waals surface area (Å²) in [4.78, 5) is 11.1. The molecule has 0 heterocycles. The van der Waals surface area contributed by atoms with Crippen LogP contribution in [-0.4, -0.2) is 51.0 Å². The van der Waals surface area contributed by atoms with Gasteiger partial charge in [0.05, 0.1) is 19.1 Å². The second kappa shape index (κ2) is 10.2. The normalized spacial score (nSPS) is 13.4. The van der Waals surface area contributed by atoms with Gasteiger partial charge in [-0.15, -0.1) is 0 Å². The van der Waals surface area contributed by atoms with E-state index in [-0.39, 0.29) is 28.8 Å². The highest BCUT2D eigenvalue weighted by atomic mass is 28.3. The smallest absolute Gasteiger partial charge is 0.162 e. The van der Waals surface area contributed by atoms with Crippen LogP contribution in [0.2, 0.25) is 6.04 Å². The average Bonchev–Trinajstić information content (AvgIpc) is 2.27. The highest BCUT2D eigenvalue weighted by Gasteiger charge is 2.13. The molecule has 0 spiro atoms.